The first kappa shape index (κ1) is 22.3. The van der Waals surface area contributed by atoms with Gasteiger partial charge in [-0.25, -0.2) is 9.82 Å². The lowest BCUT2D eigenvalue weighted by Crippen LogP contribution is -2.35. The standard InChI is InChI=1S/C20H21FN4O5/c1-3-29-17-10-13(11-23-25-20(28)19(27)22-2)4-9-16(17)30-12-18(26)24-15-7-5-14(21)6-8-15/h4-11H,3,12H2,1-2H3,(H,22,27)(H,24,26)(H,25,28)/b23-11-. The molecular weight excluding hydrogens is 395 g/mol. The van der Waals surface area contributed by atoms with Gasteiger partial charge in [0.2, 0.25) is 0 Å². The Morgan fingerprint density at radius 1 is 1.03 bits per heavy atom. The molecular formula is C20H21FN4O5. The molecule has 0 saturated carbocycles. The first-order valence-corrected chi connectivity index (χ1v) is 8.93. The molecule has 0 saturated heterocycles. The molecule has 0 aliphatic heterocycles. The number of halogens is 1. The van der Waals surface area contributed by atoms with Gasteiger partial charge >= 0.3 is 11.8 Å². The highest BCUT2D eigenvalue weighted by molar-refractivity contribution is 6.35. The number of nitrogens with one attached hydrogen (secondary N) is 3. The summed E-state index contributed by atoms with van der Waals surface area (Å²) in [4.78, 5) is 34.5. The molecule has 0 atom stereocenters. The molecule has 0 spiro atoms. The Bertz CT molecular complexity index is 931. The summed E-state index contributed by atoms with van der Waals surface area (Å²) < 4.78 is 23.9. The summed E-state index contributed by atoms with van der Waals surface area (Å²) in [6, 6.07) is 10.2. The minimum atomic E-state index is -0.897. The van der Waals surface area contributed by atoms with Crippen LogP contribution in [0.15, 0.2) is 47.6 Å². The van der Waals surface area contributed by atoms with Crippen LogP contribution in [0.4, 0.5) is 10.1 Å². The minimum absolute atomic E-state index is 0.285. The van der Waals surface area contributed by atoms with Crippen molar-refractivity contribution < 1.29 is 28.2 Å². The lowest BCUT2D eigenvalue weighted by atomic mass is 10.2. The van der Waals surface area contributed by atoms with E-state index in [-0.39, 0.29) is 6.61 Å². The van der Waals surface area contributed by atoms with Gasteiger partial charge < -0.3 is 20.1 Å². The smallest absolute Gasteiger partial charge is 0.329 e. The largest absolute Gasteiger partial charge is 0.490 e. The zero-order valence-corrected chi connectivity index (χ0v) is 16.4. The fraction of sp³-hybridized carbons (Fsp3) is 0.200. The zero-order valence-electron chi connectivity index (χ0n) is 16.4. The van der Waals surface area contributed by atoms with Crippen molar-refractivity contribution in [2.75, 3.05) is 25.6 Å². The lowest BCUT2D eigenvalue weighted by molar-refractivity contribution is -0.138. The Hall–Kier alpha value is -3.95. The van der Waals surface area contributed by atoms with Gasteiger partial charge in [-0.15, -0.1) is 0 Å². The van der Waals surface area contributed by atoms with E-state index in [2.05, 4.69) is 21.2 Å². The summed E-state index contributed by atoms with van der Waals surface area (Å²) >= 11 is 0. The van der Waals surface area contributed by atoms with Crippen LogP contribution in [0.5, 0.6) is 11.5 Å². The number of carbonyl (C=O) groups is 3. The molecule has 0 aliphatic rings. The van der Waals surface area contributed by atoms with E-state index in [1.165, 1.54) is 37.5 Å². The predicted molar refractivity (Wildman–Crippen MR) is 108 cm³/mol. The molecule has 0 unspecified atom stereocenters. The van der Waals surface area contributed by atoms with Gasteiger partial charge in [0.1, 0.15) is 5.82 Å². The van der Waals surface area contributed by atoms with E-state index in [1.54, 1.807) is 25.1 Å². The minimum Gasteiger partial charge on any atom is -0.490 e. The van der Waals surface area contributed by atoms with Gasteiger partial charge in [0.25, 0.3) is 5.91 Å². The van der Waals surface area contributed by atoms with Crippen molar-refractivity contribution in [1.82, 2.24) is 10.7 Å². The molecule has 3 N–H and O–H groups in total. The van der Waals surface area contributed by atoms with Crippen molar-refractivity contribution in [3.63, 3.8) is 0 Å². The number of rotatable bonds is 8. The highest BCUT2D eigenvalue weighted by atomic mass is 19.1. The molecule has 10 heteroatoms. The van der Waals surface area contributed by atoms with E-state index in [1.807, 2.05) is 0 Å². The second kappa shape index (κ2) is 11.1. The molecule has 2 aromatic carbocycles. The molecule has 0 bridgehead atoms. The van der Waals surface area contributed by atoms with Crippen LogP contribution in [0.25, 0.3) is 0 Å². The van der Waals surface area contributed by atoms with Gasteiger partial charge in [-0.1, -0.05) is 0 Å². The topological polar surface area (TPSA) is 118 Å². The average Bonchev–Trinajstić information content (AvgIpc) is 2.74. The molecule has 0 aromatic heterocycles. The van der Waals surface area contributed by atoms with Crippen molar-refractivity contribution >= 4 is 29.6 Å². The van der Waals surface area contributed by atoms with E-state index in [0.717, 1.165) is 0 Å². The van der Waals surface area contributed by atoms with Crippen LogP contribution in [-0.2, 0) is 14.4 Å². The lowest BCUT2D eigenvalue weighted by Gasteiger charge is -2.12. The Kier molecular flexibility index (Phi) is 8.30. The fourth-order valence-electron chi connectivity index (χ4n) is 2.20. The number of hydrazone groups is 1. The summed E-state index contributed by atoms with van der Waals surface area (Å²) in [7, 11) is 1.33. The van der Waals surface area contributed by atoms with E-state index >= 15 is 0 Å². The molecule has 2 aromatic rings. The molecule has 0 fully saturated rings. The van der Waals surface area contributed by atoms with E-state index in [0.29, 0.717) is 29.4 Å². The highest BCUT2D eigenvalue weighted by Gasteiger charge is 2.11. The summed E-state index contributed by atoms with van der Waals surface area (Å²) in [5.74, 6) is -1.84. The van der Waals surface area contributed by atoms with Crippen LogP contribution in [0.2, 0.25) is 0 Å². The van der Waals surface area contributed by atoms with Crippen molar-refractivity contribution in [3.05, 3.63) is 53.8 Å². The fourth-order valence-corrected chi connectivity index (χ4v) is 2.20. The molecule has 9 nitrogen and oxygen atoms in total. The van der Waals surface area contributed by atoms with Crippen LogP contribution in [0.1, 0.15) is 12.5 Å². The summed E-state index contributed by atoms with van der Waals surface area (Å²) in [5, 5.41) is 8.46. The third-order valence-corrected chi connectivity index (χ3v) is 3.57. The van der Waals surface area contributed by atoms with Crippen molar-refractivity contribution in [2.45, 2.75) is 6.92 Å². The Morgan fingerprint density at radius 2 is 1.77 bits per heavy atom. The predicted octanol–water partition coefficient (Wildman–Crippen LogP) is 1.44. The second-order valence-corrected chi connectivity index (χ2v) is 5.76. The van der Waals surface area contributed by atoms with Gasteiger partial charge in [0, 0.05) is 12.7 Å². The molecule has 158 valence electrons. The zero-order chi connectivity index (χ0) is 21.9. The summed E-state index contributed by atoms with van der Waals surface area (Å²) in [5.41, 5.74) is 3.10. The van der Waals surface area contributed by atoms with Gasteiger partial charge in [-0.2, -0.15) is 5.10 Å². The van der Waals surface area contributed by atoms with E-state index < -0.39 is 23.5 Å². The Morgan fingerprint density at radius 3 is 2.43 bits per heavy atom. The maximum Gasteiger partial charge on any atom is 0.329 e. The van der Waals surface area contributed by atoms with E-state index in [9.17, 15) is 18.8 Å². The monoisotopic (exact) mass is 416 g/mol. The average molecular weight is 416 g/mol. The SMILES string of the molecule is CCOc1cc(/C=N\NC(=O)C(=O)NC)ccc1OCC(=O)Nc1ccc(F)cc1. The van der Waals surface area contributed by atoms with Crippen LogP contribution in [0.3, 0.4) is 0 Å². The van der Waals surface area contributed by atoms with Crippen LogP contribution in [-0.4, -0.2) is 44.2 Å². The second-order valence-electron chi connectivity index (χ2n) is 5.76. The van der Waals surface area contributed by atoms with Gasteiger partial charge in [0.05, 0.1) is 12.8 Å². The molecule has 30 heavy (non-hydrogen) atoms. The van der Waals surface area contributed by atoms with Crippen molar-refractivity contribution in [1.29, 1.82) is 0 Å². The molecule has 3 amide bonds. The number of carbonyl (C=O) groups excluding carboxylic acids is 3. The summed E-state index contributed by atoms with van der Waals surface area (Å²) in [6.07, 6.45) is 1.33. The number of hydrogen-bond acceptors (Lipinski definition) is 6. The Labute approximate surface area is 172 Å². The highest BCUT2D eigenvalue weighted by Crippen LogP contribution is 2.28. The third-order valence-electron chi connectivity index (χ3n) is 3.57. The van der Waals surface area contributed by atoms with Crippen molar-refractivity contribution in [2.24, 2.45) is 5.10 Å². The first-order valence-electron chi connectivity index (χ1n) is 8.93. The van der Waals surface area contributed by atoms with E-state index in [4.69, 9.17) is 9.47 Å². The van der Waals surface area contributed by atoms with Crippen molar-refractivity contribution in [3.8, 4) is 11.5 Å². The number of amides is 3. The number of benzene rings is 2. The number of anilines is 1. The van der Waals surface area contributed by atoms with Crippen LogP contribution >= 0.6 is 0 Å². The maximum absolute atomic E-state index is 12.9. The van der Waals surface area contributed by atoms with Gasteiger partial charge in [0.15, 0.2) is 18.1 Å². The van der Waals surface area contributed by atoms with Gasteiger partial charge in [-0.3, -0.25) is 14.4 Å². The molecule has 0 radical (unpaired) electrons. The Balaban J connectivity index is 1.98. The number of ether oxygens (including phenoxy) is 2. The maximum atomic E-state index is 12.9. The third kappa shape index (κ3) is 6.89. The van der Waals surface area contributed by atoms with Crippen LogP contribution in [0, 0.1) is 5.82 Å². The quantitative estimate of drug-likeness (QED) is 0.342. The summed E-state index contributed by atoms with van der Waals surface area (Å²) in [6.45, 7) is 1.86. The molecule has 0 heterocycles. The molecule has 2 rings (SSSR count). The molecule has 0 aliphatic carbocycles. The van der Waals surface area contributed by atoms with Gasteiger partial charge in [-0.05, 0) is 55.0 Å². The normalized spacial score (nSPS) is 10.4. The first-order chi connectivity index (χ1) is 14.4. The number of nitrogens with zero attached hydrogens (tertiary/aromatic N) is 1. The number of likely N-dealkylation sites (N-methyl/N-ethyl adjacent to an activating group) is 1. The van der Waals surface area contributed by atoms with Crippen LogP contribution < -0.4 is 25.5 Å². The number of hydrogen-bond donors (Lipinski definition) is 3.